The Bertz CT molecular complexity index is 560. The molecule has 1 aromatic rings. The lowest BCUT2D eigenvalue weighted by molar-refractivity contribution is -0.184. The number of hydrogen-bond donors (Lipinski definition) is 1. The Morgan fingerprint density at radius 1 is 1.38 bits per heavy atom. The summed E-state index contributed by atoms with van der Waals surface area (Å²) in [5.41, 5.74) is -0.635. The van der Waals surface area contributed by atoms with Crippen LogP contribution in [-0.2, 0) is 0 Å². The standard InChI is InChI=1S/C13H13F3N2O3/c14-13(15,16)8-3-2-6-18(7-8)11(19)10-9(12(20)21)4-1-5-17-10/h1,4-5,8H,2-3,6-7H2,(H,20,21). The average molecular weight is 302 g/mol. The first kappa shape index (κ1) is 15.3. The Hall–Kier alpha value is -2.12. The number of carbonyl (C=O) groups excluding carboxylic acids is 1. The normalized spacial score (nSPS) is 19.4. The number of aromatic carboxylic acids is 1. The van der Waals surface area contributed by atoms with Gasteiger partial charge >= 0.3 is 12.1 Å². The largest absolute Gasteiger partial charge is 0.478 e. The van der Waals surface area contributed by atoms with Gasteiger partial charge in [-0.2, -0.15) is 13.2 Å². The first-order valence-electron chi connectivity index (χ1n) is 6.35. The molecule has 0 bridgehead atoms. The third kappa shape index (κ3) is 3.32. The van der Waals surface area contributed by atoms with Gasteiger partial charge in [0.1, 0.15) is 5.69 Å². The average Bonchev–Trinajstić information content (AvgIpc) is 2.45. The zero-order valence-electron chi connectivity index (χ0n) is 10.9. The number of carboxylic acids is 1. The fourth-order valence-corrected chi connectivity index (χ4v) is 2.33. The number of hydrogen-bond acceptors (Lipinski definition) is 3. The Kier molecular flexibility index (Phi) is 4.15. The van der Waals surface area contributed by atoms with Gasteiger partial charge in [-0.05, 0) is 25.0 Å². The van der Waals surface area contributed by atoms with E-state index in [0.717, 1.165) is 4.90 Å². The second-order valence-electron chi connectivity index (χ2n) is 4.84. The van der Waals surface area contributed by atoms with Crippen molar-refractivity contribution >= 4 is 11.9 Å². The highest BCUT2D eigenvalue weighted by atomic mass is 19.4. The van der Waals surface area contributed by atoms with Crippen LogP contribution in [-0.4, -0.2) is 46.1 Å². The van der Waals surface area contributed by atoms with Crippen molar-refractivity contribution in [2.75, 3.05) is 13.1 Å². The molecule has 0 radical (unpaired) electrons. The van der Waals surface area contributed by atoms with Gasteiger partial charge < -0.3 is 10.0 Å². The van der Waals surface area contributed by atoms with Crippen LogP contribution in [0.5, 0.6) is 0 Å². The topological polar surface area (TPSA) is 70.5 Å². The van der Waals surface area contributed by atoms with Crippen LogP contribution in [0.4, 0.5) is 13.2 Å². The number of halogens is 3. The molecule has 1 aliphatic rings. The molecule has 21 heavy (non-hydrogen) atoms. The minimum absolute atomic E-state index is 0.0265. The van der Waals surface area contributed by atoms with Crippen LogP contribution < -0.4 is 0 Å². The summed E-state index contributed by atoms with van der Waals surface area (Å²) in [6.45, 7) is -0.293. The molecule has 1 unspecified atom stereocenters. The molecule has 1 fully saturated rings. The van der Waals surface area contributed by atoms with Crippen LogP contribution in [0.25, 0.3) is 0 Å². The molecule has 5 nitrogen and oxygen atoms in total. The van der Waals surface area contributed by atoms with Gasteiger partial charge in [0.2, 0.25) is 0 Å². The van der Waals surface area contributed by atoms with Gasteiger partial charge in [0.05, 0.1) is 11.5 Å². The van der Waals surface area contributed by atoms with Crippen LogP contribution in [0.1, 0.15) is 33.7 Å². The van der Waals surface area contributed by atoms with Crippen molar-refractivity contribution in [2.24, 2.45) is 5.92 Å². The maximum Gasteiger partial charge on any atom is 0.393 e. The molecule has 8 heteroatoms. The van der Waals surface area contributed by atoms with Crippen LogP contribution in [0.2, 0.25) is 0 Å². The van der Waals surface area contributed by atoms with Crippen LogP contribution in [0.3, 0.4) is 0 Å². The number of rotatable bonds is 2. The molecule has 2 rings (SSSR count). The van der Waals surface area contributed by atoms with Crippen molar-refractivity contribution in [1.82, 2.24) is 9.88 Å². The summed E-state index contributed by atoms with van der Waals surface area (Å²) in [5.74, 6) is -3.69. The van der Waals surface area contributed by atoms with Crippen molar-refractivity contribution in [2.45, 2.75) is 19.0 Å². The van der Waals surface area contributed by atoms with E-state index in [0.29, 0.717) is 0 Å². The SMILES string of the molecule is O=C(O)c1cccnc1C(=O)N1CCCC(C(F)(F)F)C1. The number of likely N-dealkylation sites (tertiary alicyclic amines) is 1. The summed E-state index contributed by atoms with van der Waals surface area (Å²) in [7, 11) is 0. The lowest BCUT2D eigenvalue weighted by Gasteiger charge is -2.33. The molecular weight excluding hydrogens is 289 g/mol. The number of pyridine rings is 1. The van der Waals surface area contributed by atoms with E-state index >= 15 is 0 Å². The minimum Gasteiger partial charge on any atom is -0.478 e. The number of carbonyl (C=O) groups is 2. The van der Waals surface area contributed by atoms with Gasteiger partial charge in [0.15, 0.2) is 0 Å². The van der Waals surface area contributed by atoms with Crippen molar-refractivity contribution in [3.8, 4) is 0 Å². The molecule has 114 valence electrons. The Morgan fingerprint density at radius 2 is 2.10 bits per heavy atom. The lowest BCUT2D eigenvalue weighted by atomic mass is 9.97. The molecule has 0 aromatic carbocycles. The van der Waals surface area contributed by atoms with Gasteiger partial charge in [0.25, 0.3) is 5.91 Å². The summed E-state index contributed by atoms with van der Waals surface area (Å²) in [5, 5.41) is 9.00. The Morgan fingerprint density at radius 3 is 2.71 bits per heavy atom. The summed E-state index contributed by atoms with van der Waals surface area (Å²) in [6, 6.07) is 2.56. The number of alkyl halides is 3. The van der Waals surface area contributed by atoms with Crippen LogP contribution in [0.15, 0.2) is 18.3 Å². The highest BCUT2D eigenvalue weighted by Crippen LogP contribution is 2.33. The lowest BCUT2D eigenvalue weighted by Crippen LogP contribution is -2.45. The maximum atomic E-state index is 12.7. The molecule has 1 N–H and O–H groups in total. The summed E-state index contributed by atoms with van der Waals surface area (Å²) in [6.07, 6.45) is -2.92. The van der Waals surface area contributed by atoms with E-state index in [9.17, 15) is 22.8 Å². The maximum absolute atomic E-state index is 12.7. The molecule has 0 saturated carbocycles. The van der Waals surface area contributed by atoms with Gasteiger partial charge in [-0.1, -0.05) is 0 Å². The zero-order valence-corrected chi connectivity index (χ0v) is 10.9. The monoisotopic (exact) mass is 302 g/mol. The van der Waals surface area contributed by atoms with E-state index < -0.39 is 30.5 Å². The zero-order chi connectivity index (χ0) is 15.6. The fraction of sp³-hybridized carbons (Fsp3) is 0.462. The van der Waals surface area contributed by atoms with E-state index in [1.807, 2.05) is 0 Å². The molecule has 0 aliphatic carbocycles. The molecule has 1 atom stereocenters. The summed E-state index contributed by atoms with van der Waals surface area (Å²) < 4.78 is 38.2. The molecular formula is C13H13F3N2O3. The summed E-state index contributed by atoms with van der Waals surface area (Å²) in [4.78, 5) is 28.0. The van der Waals surface area contributed by atoms with E-state index in [-0.39, 0.29) is 30.6 Å². The van der Waals surface area contributed by atoms with Crippen molar-refractivity contribution in [3.63, 3.8) is 0 Å². The van der Waals surface area contributed by atoms with Gasteiger partial charge in [-0.15, -0.1) is 0 Å². The highest BCUT2D eigenvalue weighted by Gasteiger charge is 2.43. The molecule has 0 spiro atoms. The molecule has 1 saturated heterocycles. The second kappa shape index (κ2) is 5.71. The summed E-state index contributed by atoms with van der Waals surface area (Å²) >= 11 is 0. The van der Waals surface area contributed by atoms with Gasteiger partial charge in [-0.25, -0.2) is 4.79 Å². The third-order valence-corrected chi connectivity index (χ3v) is 3.41. The van der Waals surface area contributed by atoms with Crippen LogP contribution in [0, 0.1) is 5.92 Å². The highest BCUT2D eigenvalue weighted by molar-refractivity contribution is 6.03. The fourth-order valence-electron chi connectivity index (χ4n) is 2.33. The van der Waals surface area contributed by atoms with E-state index in [1.54, 1.807) is 0 Å². The number of carboxylic acid groups (broad SMARTS) is 1. The Labute approximate surface area is 118 Å². The van der Waals surface area contributed by atoms with Crippen molar-refractivity contribution in [1.29, 1.82) is 0 Å². The molecule has 2 heterocycles. The van der Waals surface area contributed by atoms with E-state index in [2.05, 4.69) is 4.98 Å². The van der Waals surface area contributed by atoms with Crippen molar-refractivity contribution in [3.05, 3.63) is 29.6 Å². The van der Waals surface area contributed by atoms with Crippen LogP contribution >= 0.6 is 0 Å². The number of nitrogens with zero attached hydrogens (tertiary/aromatic N) is 2. The first-order valence-corrected chi connectivity index (χ1v) is 6.35. The number of amides is 1. The molecule has 1 amide bonds. The quantitative estimate of drug-likeness (QED) is 0.909. The molecule has 1 aliphatic heterocycles. The van der Waals surface area contributed by atoms with Gasteiger partial charge in [0, 0.05) is 19.3 Å². The van der Waals surface area contributed by atoms with E-state index in [4.69, 9.17) is 5.11 Å². The first-order chi connectivity index (χ1) is 9.80. The predicted molar refractivity (Wildman–Crippen MR) is 65.9 cm³/mol. The Balaban J connectivity index is 2.22. The predicted octanol–water partition coefficient (Wildman–Crippen LogP) is 2.19. The molecule has 1 aromatic heterocycles. The third-order valence-electron chi connectivity index (χ3n) is 3.41. The van der Waals surface area contributed by atoms with Gasteiger partial charge in [-0.3, -0.25) is 9.78 Å². The second-order valence-corrected chi connectivity index (χ2v) is 4.84. The number of aromatic nitrogens is 1. The van der Waals surface area contributed by atoms with Crippen molar-refractivity contribution < 1.29 is 27.9 Å². The van der Waals surface area contributed by atoms with E-state index in [1.165, 1.54) is 18.3 Å². The number of piperidine rings is 1. The minimum atomic E-state index is -4.36. The smallest absolute Gasteiger partial charge is 0.393 e.